The summed E-state index contributed by atoms with van der Waals surface area (Å²) in [6.07, 6.45) is 0. The van der Waals surface area contributed by atoms with Crippen LogP contribution in [0.1, 0.15) is 5.56 Å². The third kappa shape index (κ3) is 3.26. The smallest absolute Gasteiger partial charge is 0.351 e. The lowest BCUT2D eigenvalue weighted by Gasteiger charge is -2.07. The predicted molar refractivity (Wildman–Crippen MR) is 50.4 cm³/mol. The van der Waals surface area contributed by atoms with Gasteiger partial charge in [0.15, 0.2) is 0 Å². The molecule has 0 saturated carbocycles. The van der Waals surface area contributed by atoms with E-state index in [-0.39, 0.29) is 5.57 Å². The SMILES string of the molecule is C=C(C(=O)OS(=O)[O-])c1ccc(F)cc1. The number of halogens is 1. The fourth-order valence-corrected chi connectivity index (χ4v) is 1.11. The summed E-state index contributed by atoms with van der Waals surface area (Å²) < 4.78 is 36.5. The molecule has 1 unspecified atom stereocenters. The molecule has 4 nitrogen and oxygen atoms in total. The van der Waals surface area contributed by atoms with E-state index in [2.05, 4.69) is 10.8 Å². The molecule has 6 heteroatoms. The van der Waals surface area contributed by atoms with E-state index >= 15 is 0 Å². The van der Waals surface area contributed by atoms with Crippen molar-refractivity contribution < 1.29 is 22.1 Å². The van der Waals surface area contributed by atoms with Crippen molar-refractivity contribution in [3.05, 3.63) is 42.2 Å². The zero-order valence-corrected chi connectivity index (χ0v) is 8.25. The molecule has 0 spiro atoms. The normalized spacial score (nSPS) is 11.9. The Labute approximate surface area is 87.9 Å². The maximum Gasteiger partial charge on any atom is 0.351 e. The van der Waals surface area contributed by atoms with Crippen LogP contribution in [0.4, 0.5) is 4.39 Å². The lowest BCUT2D eigenvalue weighted by molar-refractivity contribution is -0.127. The zero-order valence-electron chi connectivity index (χ0n) is 7.44. The first kappa shape index (κ1) is 11.5. The highest BCUT2D eigenvalue weighted by Crippen LogP contribution is 2.14. The number of benzene rings is 1. The number of rotatable bonds is 3. The molecule has 1 aromatic carbocycles. The van der Waals surface area contributed by atoms with Crippen molar-refractivity contribution in [3.8, 4) is 0 Å². The van der Waals surface area contributed by atoms with Crippen LogP contribution in [0.25, 0.3) is 5.57 Å². The van der Waals surface area contributed by atoms with Crippen molar-refractivity contribution in [1.29, 1.82) is 0 Å². The number of hydrogen-bond donors (Lipinski definition) is 0. The summed E-state index contributed by atoms with van der Waals surface area (Å²) in [5.41, 5.74) is 0.144. The summed E-state index contributed by atoms with van der Waals surface area (Å²) in [4.78, 5) is 11.0. The minimum absolute atomic E-state index is 0.154. The summed E-state index contributed by atoms with van der Waals surface area (Å²) in [6.45, 7) is 3.34. The molecule has 0 heterocycles. The molecule has 0 saturated heterocycles. The topological polar surface area (TPSA) is 66.4 Å². The average molecular weight is 229 g/mol. The van der Waals surface area contributed by atoms with E-state index in [4.69, 9.17) is 0 Å². The van der Waals surface area contributed by atoms with Crippen LogP contribution in [0.5, 0.6) is 0 Å². The second-order valence-electron chi connectivity index (χ2n) is 2.56. The lowest BCUT2D eigenvalue weighted by atomic mass is 10.1. The van der Waals surface area contributed by atoms with Gasteiger partial charge in [-0.15, -0.1) is 0 Å². The molecule has 1 atom stereocenters. The van der Waals surface area contributed by atoms with Crippen molar-refractivity contribution >= 4 is 22.9 Å². The Balaban J connectivity index is 2.81. The molecule has 1 aromatic rings. The Kier molecular flexibility index (Phi) is 3.70. The van der Waals surface area contributed by atoms with Gasteiger partial charge in [0.25, 0.3) is 0 Å². The second-order valence-corrected chi connectivity index (χ2v) is 3.14. The van der Waals surface area contributed by atoms with Gasteiger partial charge in [0.2, 0.25) is 0 Å². The number of carbonyl (C=O) groups is 1. The molecule has 0 aliphatic carbocycles. The molecular weight excluding hydrogens is 223 g/mol. The first-order chi connectivity index (χ1) is 7.00. The molecule has 15 heavy (non-hydrogen) atoms. The van der Waals surface area contributed by atoms with Crippen molar-refractivity contribution in [3.63, 3.8) is 0 Å². The van der Waals surface area contributed by atoms with Gasteiger partial charge in [-0.2, -0.15) is 0 Å². The van der Waals surface area contributed by atoms with E-state index < -0.39 is 23.1 Å². The standard InChI is InChI=1S/C9H7FO4S/c1-6(9(11)14-15(12)13)7-2-4-8(10)5-3-7/h2-5H,1H2,(H,12,13)/p-1. The minimum Gasteiger partial charge on any atom is -0.740 e. The molecule has 0 N–H and O–H groups in total. The van der Waals surface area contributed by atoms with Crippen molar-refractivity contribution in [2.24, 2.45) is 0 Å². The predicted octanol–water partition coefficient (Wildman–Crippen LogP) is 1.18. The fourth-order valence-electron chi connectivity index (χ4n) is 0.881. The Morgan fingerprint density at radius 3 is 2.40 bits per heavy atom. The molecule has 0 aliphatic rings. The van der Waals surface area contributed by atoms with Crippen LogP contribution in [-0.2, 0) is 20.3 Å². The van der Waals surface area contributed by atoms with Gasteiger partial charge in [-0.1, -0.05) is 18.7 Å². The Hall–Kier alpha value is -1.53. The van der Waals surface area contributed by atoms with Crippen LogP contribution >= 0.6 is 0 Å². The highest BCUT2D eigenvalue weighted by Gasteiger charge is 2.11. The summed E-state index contributed by atoms with van der Waals surface area (Å²) in [5, 5.41) is 0. The third-order valence-electron chi connectivity index (χ3n) is 1.58. The average Bonchev–Trinajstić information content (AvgIpc) is 2.17. The molecule has 0 aromatic heterocycles. The minimum atomic E-state index is -2.93. The van der Waals surface area contributed by atoms with Gasteiger partial charge >= 0.3 is 5.97 Å². The van der Waals surface area contributed by atoms with Gasteiger partial charge in [-0.05, 0) is 17.7 Å². The lowest BCUT2D eigenvalue weighted by Crippen LogP contribution is -2.08. The molecular formula is C9H6FO4S-. The molecule has 0 amide bonds. The first-order valence-corrected chi connectivity index (χ1v) is 4.77. The summed E-state index contributed by atoms with van der Waals surface area (Å²) in [6, 6.07) is 4.85. The van der Waals surface area contributed by atoms with E-state index in [1.165, 1.54) is 12.1 Å². The van der Waals surface area contributed by atoms with E-state index in [0.29, 0.717) is 5.56 Å². The van der Waals surface area contributed by atoms with Crippen LogP contribution in [-0.4, -0.2) is 14.7 Å². The molecule has 0 fully saturated rings. The van der Waals surface area contributed by atoms with Crippen molar-refractivity contribution in [2.45, 2.75) is 0 Å². The third-order valence-corrected chi connectivity index (χ3v) is 1.87. The number of carbonyl (C=O) groups excluding carboxylic acids is 1. The molecule has 0 aliphatic heterocycles. The Morgan fingerprint density at radius 2 is 1.93 bits per heavy atom. The maximum absolute atomic E-state index is 12.5. The van der Waals surface area contributed by atoms with Crippen molar-refractivity contribution in [2.75, 3.05) is 0 Å². The zero-order chi connectivity index (χ0) is 11.4. The van der Waals surface area contributed by atoms with Gasteiger partial charge in [0.1, 0.15) is 17.2 Å². The second kappa shape index (κ2) is 4.81. The van der Waals surface area contributed by atoms with E-state index in [9.17, 15) is 17.9 Å². The van der Waals surface area contributed by atoms with Crippen LogP contribution in [0, 0.1) is 5.82 Å². The maximum atomic E-state index is 12.5. The number of hydrogen-bond acceptors (Lipinski definition) is 4. The molecule has 0 radical (unpaired) electrons. The largest absolute Gasteiger partial charge is 0.740 e. The first-order valence-electron chi connectivity index (χ1n) is 3.77. The van der Waals surface area contributed by atoms with Crippen LogP contribution in [0.15, 0.2) is 30.8 Å². The van der Waals surface area contributed by atoms with Gasteiger partial charge in [-0.3, -0.25) is 0 Å². The van der Waals surface area contributed by atoms with E-state index in [0.717, 1.165) is 12.1 Å². The van der Waals surface area contributed by atoms with E-state index in [1.807, 2.05) is 0 Å². The van der Waals surface area contributed by atoms with E-state index in [1.54, 1.807) is 0 Å². The quantitative estimate of drug-likeness (QED) is 0.576. The van der Waals surface area contributed by atoms with Crippen molar-refractivity contribution in [1.82, 2.24) is 0 Å². The summed E-state index contributed by atoms with van der Waals surface area (Å²) in [7, 11) is 0. The Morgan fingerprint density at radius 1 is 1.40 bits per heavy atom. The highest BCUT2D eigenvalue weighted by molar-refractivity contribution is 7.74. The summed E-state index contributed by atoms with van der Waals surface area (Å²) >= 11 is -2.93. The van der Waals surface area contributed by atoms with Crippen LogP contribution in [0.3, 0.4) is 0 Å². The molecule has 80 valence electrons. The highest BCUT2D eigenvalue weighted by atomic mass is 32.2. The molecule has 0 bridgehead atoms. The van der Waals surface area contributed by atoms with Crippen LogP contribution in [0.2, 0.25) is 0 Å². The fraction of sp³-hybridized carbons (Fsp3) is 0. The molecule has 1 rings (SSSR count). The van der Waals surface area contributed by atoms with Gasteiger partial charge in [-0.25, -0.2) is 13.4 Å². The van der Waals surface area contributed by atoms with Gasteiger partial charge in [0.05, 0.1) is 5.57 Å². The summed E-state index contributed by atoms with van der Waals surface area (Å²) in [5.74, 6) is -1.55. The van der Waals surface area contributed by atoms with Gasteiger partial charge < -0.3 is 8.74 Å². The Bertz CT molecular complexity index is 413. The monoisotopic (exact) mass is 229 g/mol. The van der Waals surface area contributed by atoms with Gasteiger partial charge in [0, 0.05) is 0 Å². The van der Waals surface area contributed by atoms with Crippen LogP contribution < -0.4 is 0 Å².